The second-order valence-electron chi connectivity index (χ2n) is 6.18. The summed E-state index contributed by atoms with van der Waals surface area (Å²) in [6.45, 7) is 5.51. The molecular weight excluding hydrogens is 348 g/mol. The van der Waals surface area contributed by atoms with Gasteiger partial charge >= 0.3 is 0 Å². The number of fused-ring (bicyclic) bond motifs is 1. The number of aryl methyl sites for hydroxylation is 1. The number of para-hydroxylation sites is 1. The molecule has 0 bridgehead atoms. The highest BCUT2D eigenvalue weighted by Crippen LogP contribution is 2.34. The number of hydrogen-bond acceptors (Lipinski definition) is 4. The zero-order valence-electron chi connectivity index (χ0n) is 14.7. The fraction of sp³-hybridized carbons (Fsp3) is 0.250. The van der Waals surface area contributed by atoms with E-state index in [-0.39, 0.29) is 5.91 Å². The second-order valence-corrected chi connectivity index (χ2v) is 7.38. The Kier molecular flexibility index (Phi) is 4.42. The number of carbonyl (C=O) groups excluding carboxylic acids is 1. The molecule has 3 heterocycles. The molecule has 0 saturated heterocycles. The fourth-order valence-corrected chi connectivity index (χ4v) is 4.19. The van der Waals surface area contributed by atoms with Crippen molar-refractivity contribution in [2.75, 3.05) is 13.2 Å². The summed E-state index contributed by atoms with van der Waals surface area (Å²) >= 11 is 1.63. The maximum Gasteiger partial charge on any atom is 0.254 e. The minimum Gasteiger partial charge on any atom is -0.486 e. The van der Waals surface area contributed by atoms with E-state index >= 15 is 0 Å². The van der Waals surface area contributed by atoms with Crippen LogP contribution in [0.5, 0.6) is 11.5 Å². The minimum absolute atomic E-state index is 0.0788. The quantitative estimate of drug-likeness (QED) is 0.761. The smallest absolute Gasteiger partial charge is 0.254 e. The lowest BCUT2D eigenvalue weighted by Gasteiger charge is -2.21. The van der Waals surface area contributed by atoms with Crippen LogP contribution in [0.3, 0.4) is 0 Å². The van der Waals surface area contributed by atoms with Gasteiger partial charge in [-0.3, -0.25) is 4.79 Å². The standard InChI is InChI=1S/C20H20N2O3S/c1-13-14(2)26-20(22-8-3-4-9-22)17(13)19(23)21-12-15-6-5-7-16-18(15)25-11-10-24-16/h3-9H,10-12H2,1-2H3,(H,21,23). The van der Waals surface area contributed by atoms with Crippen LogP contribution in [0.2, 0.25) is 0 Å². The summed E-state index contributed by atoms with van der Waals surface area (Å²) in [7, 11) is 0. The van der Waals surface area contributed by atoms with Crippen LogP contribution >= 0.6 is 11.3 Å². The van der Waals surface area contributed by atoms with Gasteiger partial charge in [0.05, 0.1) is 5.56 Å². The van der Waals surface area contributed by atoms with Crippen molar-refractivity contribution in [3.05, 3.63) is 64.3 Å². The van der Waals surface area contributed by atoms with E-state index < -0.39 is 0 Å². The van der Waals surface area contributed by atoms with Crippen molar-refractivity contribution < 1.29 is 14.3 Å². The van der Waals surface area contributed by atoms with E-state index in [0.717, 1.165) is 38.1 Å². The number of nitrogens with one attached hydrogen (secondary N) is 1. The average molecular weight is 368 g/mol. The molecule has 0 fully saturated rings. The topological polar surface area (TPSA) is 52.5 Å². The third-order valence-electron chi connectivity index (χ3n) is 4.52. The number of ether oxygens (including phenoxy) is 2. The van der Waals surface area contributed by atoms with Gasteiger partial charge in [0.25, 0.3) is 5.91 Å². The highest BCUT2D eigenvalue weighted by atomic mass is 32.1. The number of benzene rings is 1. The lowest BCUT2D eigenvalue weighted by molar-refractivity contribution is 0.0949. The van der Waals surface area contributed by atoms with Crippen LogP contribution in [-0.2, 0) is 6.54 Å². The van der Waals surface area contributed by atoms with Crippen LogP contribution in [0, 0.1) is 13.8 Å². The number of nitrogens with zero attached hydrogens (tertiary/aromatic N) is 1. The van der Waals surface area contributed by atoms with Crippen molar-refractivity contribution in [2.24, 2.45) is 0 Å². The fourth-order valence-electron chi connectivity index (χ4n) is 3.07. The van der Waals surface area contributed by atoms with Crippen molar-refractivity contribution in [2.45, 2.75) is 20.4 Å². The zero-order valence-corrected chi connectivity index (χ0v) is 15.6. The molecule has 26 heavy (non-hydrogen) atoms. The lowest BCUT2D eigenvalue weighted by Crippen LogP contribution is -2.25. The molecule has 0 aliphatic carbocycles. The van der Waals surface area contributed by atoms with Gasteiger partial charge in [-0.15, -0.1) is 11.3 Å². The number of amides is 1. The van der Waals surface area contributed by atoms with Crippen LogP contribution in [0.25, 0.3) is 5.00 Å². The molecule has 5 nitrogen and oxygen atoms in total. The summed E-state index contributed by atoms with van der Waals surface area (Å²) in [6.07, 6.45) is 3.92. The zero-order chi connectivity index (χ0) is 18.1. The Hall–Kier alpha value is -2.73. The first kappa shape index (κ1) is 16.7. The van der Waals surface area contributed by atoms with Crippen LogP contribution in [0.1, 0.15) is 26.4 Å². The maximum atomic E-state index is 12.9. The third kappa shape index (κ3) is 2.97. The van der Waals surface area contributed by atoms with E-state index in [9.17, 15) is 4.79 Å². The second kappa shape index (κ2) is 6.88. The van der Waals surface area contributed by atoms with Gasteiger partial charge in [-0.1, -0.05) is 12.1 Å². The summed E-state index contributed by atoms with van der Waals surface area (Å²) in [6, 6.07) is 9.67. The summed E-state index contributed by atoms with van der Waals surface area (Å²) in [5.74, 6) is 1.38. The van der Waals surface area contributed by atoms with E-state index in [4.69, 9.17) is 9.47 Å². The molecule has 1 N–H and O–H groups in total. The summed E-state index contributed by atoms with van der Waals surface area (Å²) in [4.78, 5) is 14.1. The van der Waals surface area contributed by atoms with Gasteiger partial charge in [-0.25, -0.2) is 0 Å². The predicted octanol–water partition coefficient (Wildman–Crippen LogP) is 3.86. The van der Waals surface area contributed by atoms with Gasteiger partial charge in [0.15, 0.2) is 11.5 Å². The van der Waals surface area contributed by atoms with Crippen molar-refractivity contribution >= 4 is 17.2 Å². The van der Waals surface area contributed by atoms with Crippen LogP contribution < -0.4 is 14.8 Å². The highest BCUT2D eigenvalue weighted by molar-refractivity contribution is 7.15. The van der Waals surface area contributed by atoms with E-state index in [1.165, 1.54) is 0 Å². The van der Waals surface area contributed by atoms with E-state index in [2.05, 4.69) is 5.32 Å². The van der Waals surface area contributed by atoms with Crippen molar-refractivity contribution in [1.82, 2.24) is 9.88 Å². The first-order valence-corrected chi connectivity index (χ1v) is 9.36. The molecule has 1 amide bonds. The van der Waals surface area contributed by atoms with Crippen LogP contribution in [0.15, 0.2) is 42.7 Å². The Morgan fingerprint density at radius 2 is 1.92 bits per heavy atom. The van der Waals surface area contributed by atoms with Gasteiger partial charge in [0.2, 0.25) is 0 Å². The van der Waals surface area contributed by atoms with Gasteiger partial charge < -0.3 is 19.4 Å². The molecule has 0 unspecified atom stereocenters. The third-order valence-corrected chi connectivity index (χ3v) is 5.74. The van der Waals surface area contributed by atoms with Gasteiger partial charge in [0.1, 0.15) is 18.2 Å². The molecule has 1 aromatic carbocycles. The summed E-state index contributed by atoms with van der Waals surface area (Å²) in [5.41, 5.74) is 2.67. The van der Waals surface area contributed by atoms with Crippen molar-refractivity contribution in [3.63, 3.8) is 0 Å². The first-order valence-electron chi connectivity index (χ1n) is 8.54. The Morgan fingerprint density at radius 3 is 2.73 bits per heavy atom. The van der Waals surface area contributed by atoms with Gasteiger partial charge in [0, 0.05) is 29.4 Å². The molecule has 2 aromatic heterocycles. The normalized spacial score (nSPS) is 12.8. The lowest BCUT2D eigenvalue weighted by atomic mass is 10.1. The molecule has 0 saturated carbocycles. The van der Waals surface area contributed by atoms with Gasteiger partial charge in [-0.2, -0.15) is 0 Å². The Morgan fingerprint density at radius 1 is 1.15 bits per heavy atom. The molecule has 0 atom stereocenters. The molecule has 6 heteroatoms. The van der Waals surface area contributed by atoms with E-state index in [1.807, 2.05) is 61.1 Å². The molecule has 1 aliphatic rings. The maximum absolute atomic E-state index is 12.9. The Labute approximate surface area is 156 Å². The highest BCUT2D eigenvalue weighted by Gasteiger charge is 2.21. The Bertz CT molecular complexity index is 944. The van der Waals surface area contributed by atoms with Gasteiger partial charge in [-0.05, 0) is 37.6 Å². The van der Waals surface area contributed by atoms with Crippen LogP contribution in [0.4, 0.5) is 0 Å². The summed E-state index contributed by atoms with van der Waals surface area (Å²) in [5, 5.41) is 3.98. The first-order chi connectivity index (χ1) is 12.6. The molecule has 4 rings (SSSR count). The molecule has 3 aromatic rings. The SMILES string of the molecule is Cc1sc(-n2cccc2)c(C(=O)NCc2cccc3c2OCCO3)c1C. The molecule has 134 valence electrons. The predicted molar refractivity (Wildman–Crippen MR) is 102 cm³/mol. The number of rotatable bonds is 4. The van der Waals surface area contributed by atoms with Crippen LogP contribution in [-0.4, -0.2) is 23.7 Å². The molecule has 0 spiro atoms. The number of carbonyl (C=O) groups is 1. The molecular formula is C20H20N2O3S. The minimum atomic E-state index is -0.0788. The number of hydrogen-bond donors (Lipinski definition) is 1. The largest absolute Gasteiger partial charge is 0.486 e. The summed E-state index contributed by atoms with van der Waals surface area (Å²) < 4.78 is 13.3. The molecule has 1 aliphatic heterocycles. The molecule has 0 radical (unpaired) electrons. The van der Waals surface area contributed by atoms with Crippen molar-refractivity contribution in [3.8, 4) is 16.5 Å². The van der Waals surface area contributed by atoms with E-state index in [0.29, 0.717) is 19.8 Å². The number of thiophene rings is 1. The monoisotopic (exact) mass is 368 g/mol. The van der Waals surface area contributed by atoms with Crippen molar-refractivity contribution in [1.29, 1.82) is 0 Å². The Balaban J connectivity index is 1.59. The average Bonchev–Trinajstić information content (AvgIpc) is 3.28. The number of aromatic nitrogens is 1. The van der Waals surface area contributed by atoms with E-state index in [1.54, 1.807) is 11.3 Å².